The molecule has 0 saturated carbocycles. The van der Waals surface area contributed by atoms with Crippen LogP contribution in [0.4, 0.5) is 0 Å². The largest absolute Gasteiger partial charge is 0.305 e. The molecule has 0 aliphatic rings. The van der Waals surface area contributed by atoms with Gasteiger partial charge in [-0.2, -0.15) is 0 Å². The first kappa shape index (κ1) is 8.93. The van der Waals surface area contributed by atoms with E-state index in [9.17, 15) is 0 Å². The molecule has 0 unspecified atom stereocenters. The summed E-state index contributed by atoms with van der Waals surface area (Å²) in [5.74, 6) is 0. The first-order valence-electron chi connectivity index (χ1n) is 3.42. The molecule has 1 heteroatoms. The van der Waals surface area contributed by atoms with Crippen LogP contribution >= 0.6 is 0 Å². The summed E-state index contributed by atoms with van der Waals surface area (Å²) in [6, 6.07) is 0. The zero-order valence-corrected chi connectivity index (χ0v) is 6.52. The van der Waals surface area contributed by atoms with Gasteiger partial charge in [0, 0.05) is 5.71 Å². The van der Waals surface area contributed by atoms with Gasteiger partial charge in [-0.05, 0) is 31.6 Å². The van der Waals surface area contributed by atoms with Crippen LogP contribution in [0.25, 0.3) is 0 Å². The summed E-state index contributed by atoms with van der Waals surface area (Å²) in [7, 11) is 0. The van der Waals surface area contributed by atoms with Gasteiger partial charge in [0.15, 0.2) is 0 Å². The van der Waals surface area contributed by atoms with Gasteiger partial charge >= 0.3 is 0 Å². The Morgan fingerprint density at radius 2 is 2.30 bits per heavy atom. The summed E-state index contributed by atoms with van der Waals surface area (Å²) in [5, 5.41) is 7.23. The fraction of sp³-hybridized carbons (Fsp3) is 0.333. The highest BCUT2D eigenvalue weighted by Gasteiger charge is 1.79. The molecule has 0 fully saturated rings. The van der Waals surface area contributed by atoms with Crippen molar-refractivity contribution in [2.75, 3.05) is 0 Å². The molecule has 0 aromatic carbocycles. The molecule has 0 aromatic rings. The second-order valence-electron chi connectivity index (χ2n) is 1.86. The second kappa shape index (κ2) is 6.06. The molecule has 10 heavy (non-hydrogen) atoms. The lowest BCUT2D eigenvalue weighted by molar-refractivity contribution is 1.26. The lowest BCUT2D eigenvalue weighted by Gasteiger charge is -1.84. The van der Waals surface area contributed by atoms with Crippen molar-refractivity contribution in [3.05, 3.63) is 30.0 Å². The van der Waals surface area contributed by atoms with Crippen molar-refractivity contribution in [3.8, 4) is 0 Å². The second-order valence-corrected chi connectivity index (χ2v) is 1.86. The van der Waals surface area contributed by atoms with Gasteiger partial charge in [0.25, 0.3) is 0 Å². The van der Waals surface area contributed by atoms with Crippen molar-refractivity contribution >= 4 is 5.71 Å². The highest BCUT2D eigenvalue weighted by atomic mass is 14.4. The Balaban J connectivity index is 3.77. The molecule has 0 atom stereocenters. The van der Waals surface area contributed by atoms with Gasteiger partial charge in [-0.25, -0.2) is 0 Å². The van der Waals surface area contributed by atoms with Crippen LogP contribution in [0.1, 0.15) is 20.3 Å². The molecule has 0 saturated heterocycles. The van der Waals surface area contributed by atoms with Gasteiger partial charge in [0.05, 0.1) is 0 Å². The van der Waals surface area contributed by atoms with Gasteiger partial charge in [-0.3, -0.25) is 0 Å². The van der Waals surface area contributed by atoms with Crippen LogP contribution in [0.3, 0.4) is 0 Å². The van der Waals surface area contributed by atoms with E-state index >= 15 is 0 Å². The predicted molar refractivity (Wildman–Crippen MR) is 45.5 cm³/mol. The molecule has 0 aliphatic carbocycles. The van der Waals surface area contributed by atoms with E-state index in [1.807, 2.05) is 26.0 Å². The molecule has 0 radical (unpaired) electrons. The quantitative estimate of drug-likeness (QED) is 0.349. The first-order valence-corrected chi connectivity index (χ1v) is 3.42. The van der Waals surface area contributed by atoms with Crippen molar-refractivity contribution < 1.29 is 0 Å². The van der Waals surface area contributed by atoms with Crippen LogP contribution in [0.5, 0.6) is 0 Å². The highest BCUT2D eigenvalue weighted by Crippen LogP contribution is 1.83. The van der Waals surface area contributed by atoms with E-state index in [1.165, 1.54) is 0 Å². The third-order valence-corrected chi connectivity index (χ3v) is 1.04. The highest BCUT2D eigenvalue weighted by molar-refractivity contribution is 5.92. The molecule has 0 amide bonds. The van der Waals surface area contributed by atoms with Crippen LogP contribution in [0.15, 0.2) is 30.0 Å². The Bertz CT molecular complexity index is 177. The van der Waals surface area contributed by atoms with Crippen LogP contribution < -0.4 is 0 Å². The van der Waals surface area contributed by atoms with Crippen molar-refractivity contribution in [3.63, 3.8) is 0 Å². The van der Waals surface area contributed by atoms with E-state index < -0.39 is 0 Å². The molecule has 1 N–H and O–H groups in total. The molecular formula is C9H13N. The average molecular weight is 135 g/mol. The van der Waals surface area contributed by atoms with Crippen molar-refractivity contribution in [1.82, 2.24) is 0 Å². The minimum atomic E-state index is 0.647. The van der Waals surface area contributed by atoms with Crippen LogP contribution in [-0.2, 0) is 0 Å². The van der Waals surface area contributed by atoms with Crippen molar-refractivity contribution in [2.45, 2.75) is 20.3 Å². The SMILES string of the molecule is CC=C=C/C=C/C(=N)CC. The monoisotopic (exact) mass is 135 g/mol. The molecule has 0 bridgehead atoms. The van der Waals surface area contributed by atoms with E-state index in [2.05, 4.69) is 5.73 Å². The normalized spacial score (nSPS) is 9.00. The Kier molecular flexibility index (Phi) is 5.41. The molecule has 54 valence electrons. The van der Waals surface area contributed by atoms with Gasteiger partial charge in [-0.1, -0.05) is 13.0 Å². The Labute approximate surface area is 62.3 Å². The maximum atomic E-state index is 7.23. The lowest BCUT2D eigenvalue weighted by atomic mass is 10.3. The van der Waals surface area contributed by atoms with Crippen LogP contribution in [-0.4, -0.2) is 5.71 Å². The van der Waals surface area contributed by atoms with Crippen molar-refractivity contribution in [1.29, 1.82) is 5.41 Å². The zero-order chi connectivity index (χ0) is 7.82. The number of hydrogen-bond donors (Lipinski definition) is 1. The summed E-state index contributed by atoms with van der Waals surface area (Å²) < 4.78 is 0. The maximum Gasteiger partial charge on any atom is 0.0311 e. The molecule has 0 spiro atoms. The zero-order valence-electron chi connectivity index (χ0n) is 6.52. The summed E-state index contributed by atoms with van der Waals surface area (Å²) in [5.41, 5.74) is 3.54. The Morgan fingerprint density at radius 1 is 1.60 bits per heavy atom. The van der Waals surface area contributed by atoms with Gasteiger partial charge in [-0.15, -0.1) is 5.73 Å². The van der Waals surface area contributed by atoms with Gasteiger partial charge in [0.1, 0.15) is 0 Å². The smallest absolute Gasteiger partial charge is 0.0311 e. The fourth-order valence-corrected chi connectivity index (χ4v) is 0.434. The average Bonchev–Trinajstić information content (AvgIpc) is 1.98. The maximum absolute atomic E-state index is 7.23. The number of allylic oxidation sites excluding steroid dienone is 3. The standard InChI is InChI=1S/C9H13N/c1-3-5-6-7-8-9(10)4-2/h3,6-8,10H,4H2,1-2H3/b8-7+,10-9?. The first-order chi connectivity index (χ1) is 4.81. The summed E-state index contributed by atoms with van der Waals surface area (Å²) in [4.78, 5) is 0. The predicted octanol–water partition coefficient (Wildman–Crippen LogP) is 2.70. The van der Waals surface area contributed by atoms with Crippen LogP contribution in [0.2, 0.25) is 0 Å². The van der Waals surface area contributed by atoms with E-state index in [0.717, 1.165) is 6.42 Å². The summed E-state index contributed by atoms with van der Waals surface area (Å²) >= 11 is 0. The lowest BCUT2D eigenvalue weighted by Crippen LogP contribution is -1.83. The topological polar surface area (TPSA) is 23.9 Å². The molecule has 0 aliphatic heterocycles. The minimum Gasteiger partial charge on any atom is -0.305 e. The Hall–Kier alpha value is -1.07. The minimum absolute atomic E-state index is 0.647. The van der Waals surface area contributed by atoms with Gasteiger partial charge < -0.3 is 5.41 Å². The molecule has 0 aromatic heterocycles. The third-order valence-electron chi connectivity index (χ3n) is 1.04. The third kappa shape index (κ3) is 5.07. The van der Waals surface area contributed by atoms with Crippen molar-refractivity contribution in [2.24, 2.45) is 0 Å². The number of hydrogen-bond acceptors (Lipinski definition) is 1. The fourth-order valence-electron chi connectivity index (χ4n) is 0.434. The van der Waals surface area contributed by atoms with Gasteiger partial charge in [0.2, 0.25) is 0 Å². The van der Waals surface area contributed by atoms with E-state index in [0.29, 0.717) is 5.71 Å². The van der Waals surface area contributed by atoms with E-state index in [4.69, 9.17) is 5.41 Å². The molecule has 0 rings (SSSR count). The molecule has 1 nitrogen and oxygen atoms in total. The summed E-state index contributed by atoms with van der Waals surface area (Å²) in [6.07, 6.45) is 8.02. The number of rotatable bonds is 3. The molecular weight excluding hydrogens is 122 g/mol. The van der Waals surface area contributed by atoms with E-state index in [-0.39, 0.29) is 0 Å². The molecule has 0 heterocycles. The number of nitrogens with one attached hydrogen (secondary N) is 1. The van der Waals surface area contributed by atoms with Crippen LogP contribution in [0, 0.1) is 5.41 Å². The summed E-state index contributed by atoms with van der Waals surface area (Å²) in [6.45, 7) is 3.88. The Morgan fingerprint density at radius 3 is 2.80 bits per heavy atom. The van der Waals surface area contributed by atoms with E-state index in [1.54, 1.807) is 12.2 Å².